The Labute approximate surface area is 119 Å². The van der Waals surface area contributed by atoms with E-state index >= 15 is 0 Å². The van der Waals surface area contributed by atoms with E-state index in [1.807, 2.05) is 0 Å². The van der Waals surface area contributed by atoms with Crippen LogP contribution in [0.15, 0.2) is 30.3 Å². The molecule has 4 nitrogen and oxygen atoms in total. The van der Waals surface area contributed by atoms with Gasteiger partial charge < -0.3 is 16.4 Å². The van der Waals surface area contributed by atoms with Gasteiger partial charge in [0.25, 0.3) is 0 Å². The Morgan fingerprint density at radius 2 is 2.05 bits per heavy atom. The number of hydrogen-bond acceptors (Lipinski definition) is 3. The fourth-order valence-corrected chi connectivity index (χ4v) is 2.35. The molecule has 0 fully saturated rings. The van der Waals surface area contributed by atoms with Gasteiger partial charge >= 0.3 is 0 Å². The Morgan fingerprint density at radius 3 is 2.80 bits per heavy atom. The smallest absolute Gasteiger partial charge is 0.228 e. The van der Waals surface area contributed by atoms with Crippen LogP contribution in [0.5, 0.6) is 0 Å². The van der Waals surface area contributed by atoms with Gasteiger partial charge in [0.05, 0.1) is 28.5 Å². The molecular formula is C14H11ClFN3O. The largest absolute Gasteiger partial charge is 0.397 e. The van der Waals surface area contributed by atoms with Crippen LogP contribution in [0.2, 0.25) is 5.02 Å². The minimum absolute atomic E-state index is 0.0589. The van der Waals surface area contributed by atoms with Crippen molar-refractivity contribution >= 4 is 40.3 Å². The normalized spacial score (nSPS) is 13.0. The Bertz CT molecular complexity index is 718. The Kier molecular flexibility index (Phi) is 2.99. The minimum atomic E-state index is -0.408. The van der Waals surface area contributed by atoms with Gasteiger partial charge in [0, 0.05) is 5.69 Å². The molecule has 0 saturated heterocycles. The highest BCUT2D eigenvalue weighted by molar-refractivity contribution is 6.33. The van der Waals surface area contributed by atoms with Crippen LogP contribution in [-0.2, 0) is 11.2 Å². The van der Waals surface area contributed by atoms with E-state index in [-0.39, 0.29) is 10.9 Å². The van der Waals surface area contributed by atoms with E-state index in [9.17, 15) is 9.18 Å². The van der Waals surface area contributed by atoms with Crippen molar-refractivity contribution < 1.29 is 9.18 Å². The molecule has 0 radical (unpaired) electrons. The third kappa shape index (κ3) is 2.28. The summed E-state index contributed by atoms with van der Waals surface area (Å²) in [5.74, 6) is -0.467. The molecule has 1 heterocycles. The van der Waals surface area contributed by atoms with Gasteiger partial charge in [-0.1, -0.05) is 11.6 Å². The molecule has 1 aliphatic rings. The number of anilines is 4. The molecule has 2 aromatic carbocycles. The third-order valence-electron chi connectivity index (χ3n) is 3.10. The lowest BCUT2D eigenvalue weighted by molar-refractivity contribution is -0.115. The molecule has 0 spiro atoms. The first-order valence-corrected chi connectivity index (χ1v) is 6.35. The van der Waals surface area contributed by atoms with Crippen molar-refractivity contribution in [1.82, 2.24) is 0 Å². The van der Waals surface area contributed by atoms with Crippen molar-refractivity contribution in [2.45, 2.75) is 6.42 Å². The summed E-state index contributed by atoms with van der Waals surface area (Å²) in [6, 6.07) is 7.54. The number of nitrogens with two attached hydrogens (primary N) is 1. The van der Waals surface area contributed by atoms with Crippen LogP contribution >= 0.6 is 11.6 Å². The maximum Gasteiger partial charge on any atom is 0.228 e. The highest BCUT2D eigenvalue weighted by atomic mass is 35.5. The number of carbonyl (C=O) groups excluding carboxylic acids is 1. The Balaban J connectivity index is 1.95. The van der Waals surface area contributed by atoms with Crippen LogP contribution < -0.4 is 16.4 Å². The maximum absolute atomic E-state index is 13.0. The Morgan fingerprint density at radius 1 is 1.25 bits per heavy atom. The zero-order valence-electron chi connectivity index (χ0n) is 10.3. The maximum atomic E-state index is 13.0. The molecule has 0 saturated carbocycles. The first-order chi connectivity index (χ1) is 9.52. The lowest BCUT2D eigenvalue weighted by atomic mass is 10.1. The van der Waals surface area contributed by atoms with E-state index < -0.39 is 5.82 Å². The first kappa shape index (κ1) is 12.7. The van der Waals surface area contributed by atoms with E-state index in [0.29, 0.717) is 23.5 Å². The average Bonchev–Trinajstić information content (AvgIpc) is 2.72. The molecule has 20 heavy (non-hydrogen) atoms. The molecule has 0 atom stereocenters. The van der Waals surface area contributed by atoms with Crippen molar-refractivity contribution in [3.05, 3.63) is 46.7 Å². The third-order valence-corrected chi connectivity index (χ3v) is 3.41. The standard InChI is InChI=1S/C14H11ClFN3O/c15-9-5-8(16)1-2-11(9)18-13-6-12-7(3-10(13)17)4-14(20)19-12/h1-3,5-6,18H,4,17H2,(H,19,20). The van der Waals surface area contributed by atoms with Gasteiger partial charge in [-0.15, -0.1) is 0 Å². The molecule has 3 rings (SSSR count). The number of amides is 1. The van der Waals surface area contributed by atoms with Crippen molar-refractivity contribution in [3.63, 3.8) is 0 Å². The van der Waals surface area contributed by atoms with Crippen molar-refractivity contribution in [1.29, 1.82) is 0 Å². The lowest BCUT2D eigenvalue weighted by Gasteiger charge is -2.12. The van der Waals surface area contributed by atoms with E-state index in [4.69, 9.17) is 17.3 Å². The second-order valence-electron chi connectivity index (χ2n) is 4.57. The summed E-state index contributed by atoms with van der Waals surface area (Å²) in [5, 5.41) is 6.04. The van der Waals surface area contributed by atoms with Crippen LogP contribution in [0.1, 0.15) is 5.56 Å². The van der Waals surface area contributed by atoms with Gasteiger partial charge in [-0.2, -0.15) is 0 Å². The van der Waals surface area contributed by atoms with Gasteiger partial charge in [0.15, 0.2) is 0 Å². The highest BCUT2D eigenvalue weighted by Gasteiger charge is 2.19. The molecule has 0 unspecified atom stereocenters. The fraction of sp³-hybridized carbons (Fsp3) is 0.0714. The molecule has 6 heteroatoms. The molecule has 1 amide bonds. The molecule has 4 N–H and O–H groups in total. The predicted molar refractivity (Wildman–Crippen MR) is 77.9 cm³/mol. The van der Waals surface area contributed by atoms with Gasteiger partial charge in [-0.25, -0.2) is 4.39 Å². The summed E-state index contributed by atoms with van der Waals surface area (Å²) in [6.45, 7) is 0. The number of carbonyl (C=O) groups is 1. The van der Waals surface area contributed by atoms with E-state index in [1.54, 1.807) is 12.1 Å². The van der Waals surface area contributed by atoms with E-state index in [0.717, 1.165) is 11.3 Å². The van der Waals surface area contributed by atoms with Gasteiger partial charge in [-0.05, 0) is 35.9 Å². The average molecular weight is 292 g/mol. The summed E-state index contributed by atoms with van der Waals surface area (Å²) in [5.41, 5.74) is 9.20. The number of benzene rings is 2. The van der Waals surface area contributed by atoms with Gasteiger partial charge in [0.1, 0.15) is 5.82 Å². The molecular weight excluding hydrogens is 281 g/mol. The molecule has 0 aliphatic carbocycles. The highest BCUT2D eigenvalue weighted by Crippen LogP contribution is 2.34. The zero-order chi connectivity index (χ0) is 14.3. The quantitative estimate of drug-likeness (QED) is 0.744. The van der Waals surface area contributed by atoms with E-state index in [2.05, 4.69) is 10.6 Å². The van der Waals surface area contributed by atoms with Crippen LogP contribution in [0, 0.1) is 5.82 Å². The molecule has 1 aliphatic heterocycles. The monoisotopic (exact) mass is 291 g/mol. The number of hydrogen-bond donors (Lipinski definition) is 3. The predicted octanol–water partition coefficient (Wildman–Crippen LogP) is 3.30. The summed E-state index contributed by atoms with van der Waals surface area (Å²) in [6.07, 6.45) is 0.330. The number of nitrogen functional groups attached to an aromatic ring is 1. The molecule has 0 aromatic heterocycles. The second kappa shape index (κ2) is 4.68. The summed E-state index contributed by atoms with van der Waals surface area (Å²) in [4.78, 5) is 11.3. The second-order valence-corrected chi connectivity index (χ2v) is 4.98. The number of fused-ring (bicyclic) bond motifs is 1. The van der Waals surface area contributed by atoms with Crippen LogP contribution in [0.25, 0.3) is 0 Å². The summed E-state index contributed by atoms with van der Waals surface area (Å²) < 4.78 is 13.0. The Hall–Kier alpha value is -2.27. The van der Waals surface area contributed by atoms with Crippen LogP contribution in [0.4, 0.5) is 27.1 Å². The molecule has 102 valence electrons. The molecule has 0 bridgehead atoms. The van der Waals surface area contributed by atoms with Gasteiger partial charge in [0.2, 0.25) is 5.91 Å². The summed E-state index contributed by atoms with van der Waals surface area (Å²) in [7, 11) is 0. The summed E-state index contributed by atoms with van der Waals surface area (Å²) >= 11 is 5.96. The fourth-order valence-electron chi connectivity index (χ4n) is 2.14. The van der Waals surface area contributed by atoms with Crippen LogP contribution in [0.3, 0.4) is 0 Å². The van der Waals surface area contributed by atoms with Crippen molar-refractivity contribution in [2.24, 2.45) is 0 Å². The first-order valence-electron chi connectivity index (χ1n) is 5.97. The zero-order valence-corrected chi connectivity index (χ0v) is 11.1. The number of rotatable bonds is 2. The van der Waals surface area contributed by atoms with Crippen molar-refractivity contribution in [3.8, 4) is 0 Å². The van der Waals surface area contributed by atoms with Crippen molar-refractivity contribution in [2.75, 3.05) is 16.4 Å². The minimum Gasteiger partial charge on any atom is -0.397 e. The number of halogens is 2. The van der Waals surface area contributed by atoms with Gasteiger partial charge in [-0.3, -0.25) is 4.79 Å². The SMILES string of the molecule is Nc1cc2c(cc1Nc1ccc(F)cc1Cl)NC(=O)C2. The molecule has 2 aromatic rings. The van der Waals surface area contributed by atoms with Crippen LogP contribution in [-0.4, -0.2) is 5.91 Å². The topological polar surface area (TPSA) is 67.2 Å². The lowest BCUT2D eigenvalue weighted by Crippen LogP contribution is -2.03. The van der Waals surface area contributed by atoms with E-state index in [1.165, 1.54) is 18.2 Å². The number of nitrogens with one attached hydrogen (secondary N) is 2.